The molecule has 0 unspecified atom stereocenters. The van der Waals surface area contributed by atoms with Crippen molar-refractivity contribution in [3.63, 3.8) is 0 Å². The van der Waals surface area contributed by atoms with Crippen LogP contribution < -0.4 is 0 Å². The van der Waals surface area contributed by atoms with Crippen molar-refractivity contribution in [2.24, 2.45) is 0 Å². The third-order valence-corrected chi connectivity index (χ3v) is 4.05. The maximum absolute atomic E-state index is 11.3. The smallest absolute Gasteiger partial charge is 0.358 e. The molecule has 0 aliphatic heterocycles. The lowest BCUT2D eigenvalue weighted by Gasteiger charge is -2.26. The van der Waals surface area contributed by atoms with Crippen LogP contribution in [0.1, 0.15) is 52.5 Å². The quantitative estimate of drug-likeness (QED) is 0.928. The van der Waals surface area contributed by atoms with E-state index in [4.69, 9.17) is 0 Å². The maximum atomic E-state index is 11.3. The number of carboxylic acids is 1. The molecule has 1 heterocycles. The van der Waals surface area contributed by atoms with Crippen molar-refractivity contribution in [3.05, 3.63) is 46.8 Å². The van der Waals surface area contributed by atoms with Crippen molar-refractivity contribution >= 4 is 5.97 Å². The minimum absolute atomic E-state index is 0.114. The predicted molar refractivity (Wildman–Crippen MR) is 73.9 cm³/mol. The summed E-state index contributed by atoms with van der Waals surface area (Å²) in [5.41, 5.74) is 3.23. The third-order valence-electron chi connectivity index (χ3n) is 4.05. The molecule has 0 saturated heterocycles. The van der Waals surface area contributed by atoms with Gasteiger partial charge in [0.05, 0.1) is 12.2 Å². The van der Waals surface area contributed by atoms with Crippen LogP contribution in [0.2, 0.25) is 0 Å². The highest BCUT2D eigenvalue weighted by Crippen LogP contribution is 2.37. The summed E-state index contributed by atoms with van der Waals surface area (Å²) >= 11 is 0. The molecule has 0 spiro atoms. The van der Waals surface area contributed by atoms with Gasteiger partial charge in [0.2, 0.25) is 0 Å². The Kier molecular flexibility index (Phi) is 3.26. The van der Waals surface area contributed by atoms with E-state index in [1.165, 1.54) is 5.56 Å². The Hall–Kier alpha value is -2.17. The second kappa shape index (κ2) is 5.07. The molecule has 104 valence electrons. The number of aromatic nitrogens is 3. The minimum atomic E-state index is -0.983. The molecule has 5 nitrogen and oxygen atoms in total. The molecule has 1 aliphatic rings. The average molecular weight is 271 g/mol. The van der Waals surface area contributed by atoms with Crippen LogP contribution in [0, 0.1) is 6.92 Å². The summed E-state index contributed by atoms with van der Waals surface area (Å²) in [5.74, 6) is -0.692. The number of carboxylic acid groups (broad SMARTS) is 1. The van der Waals surface area contributed by atoms with E-state index in [2.05, 4.69) is 10.3 Å². The van der Waals surface area contributed by atoms with Crippen LogP contribution in [-0.2, 0) is 6.54 Å². The summed E-state index contributed by atoms with van der Waals surface area (Å²) in [6.07, 6.45) is 3.21. The number of benzene rings is 1. The molecule has 0 radical (unpaired) electrons. The lowest BCUT2D eigenvalue weighted by atomic mass is 9.82. The molecule has 1 fully saturated rings. The van der Waals surface area contributed by atoms with Crippen LogP contribution in [0.3, 0.4) is 0 Å². The second-order valence-electron chi connectivity index (χ2n) is 5.34. The van der Waals surface area contributed by atoms with Gasteiger partial charge >= 0.3 is 5.97 Å². The van der Waals surface area contributed by atoms with E-state index in [1.54, 1.807) is 4.68 Å². The highest BCUT2D eigenvalue weighted by atomic mass is 16.4. The van der Waals surface area contributed by atoms with Gasteiger partial charge in [0.15, 0.2) is 5.69 Å². The standard InChI is InChI=1S/C15H17N3O2/c1-10-5-2-3-6-12(10)9-18-14(11-7-4-8-11)13(15(19)20)16-17-18/h2-3,5-6,11H,4,7-9H2,1H3,(H,19,20). The number of carbonyl (C=O) groups is 1. The molecule has 0 amide bonds. The van der Waals surface area contributed by atoms with Gasteiger partial charge in [-0.25, -0.2) is 9.48 Å². The van der Waals surface area contributed by atoms with E-state index in [9.17, 15) is 9.90 Å². The van der Waals surface area contributed by atoms with Gasteiger partial charge in [-0.2, -0.15) is 0 Å². The first-order valence-electron chi connectivity index (χ1n) is 6.88. The number of rotatable bonds is 4. The van der Waals surface area contributed by atoms with E-state index >= 15 is 0 Å². The van der Waals surface area contributed by atoms with Crippen LogP contribution >= 0.6 is 0 Å². The normalized spacial score (nSPS) is 15.1. The van der Waals surface area contributed by atoms with Gasteiger partial charge in [-0.3, -0.25) is 0 Å². The van der Waals surface area contributed by atoms with Gasteiger partial charge in [0.25, 0.3) is 0 Å². The summed E-state index contributed by atoms with van der Waals surface area (Å²) < 4.78 is 1.76. The summed E-state index contributed by atoms with van der Waals surface area (Å²) in [6, 6.07) is 8.07. The summed E-state index contributed by atoms with van der Waals surface area (Å²) in [6.45, 7) is 2.63. The fraction of sp³-hybridized carbons (Fsp3) is 0.400. The molecule has 0 atom stereocenters. The van der Waals surface area contributed by atoms with E-state index in [1.807, 2.05) is 31.2 Å². The van der Waals surface area contributed by atoms with Crippen LogP contribution in [-0.4, -0.2) is 26.1 Å². The first-order chi connectivity index (χ1) is 9.66. The monoisotopic (exact) mass is 271 g/mol. The Balaban J connectivity index is 1.97. The van der Waals surface area contributed by atoms with E-state index in [0.29, 0.717) is 12.5 Å². The first-order valence-corrected chi connectivity index (χ1v) is 6.88. The van der Waals surface area contributed by atoms with Crippen LogP contribution in [0.25, 0.3) is 0 Å². The van der Waals surface area contributed by atoms with Crippen molar-refractivity contribution in [1.29, 1.82) is 0 Å². The molecule has 2 aromatic rings. The molecule has 3 rings (SSSR count). The molecule has 0 bridgehead atoms. The molecule has 5 heteroatoms. The van der Waals surface area contributed by atoms with E-state index < -0.39 is 5.97 Å². The highest BCUT2D eigenvalue weighted by molar-refractivity contribution is 5.86. The van der Waals surface area contributed by atoms with E-state index in [0.717, 1.165) is 30.5 Å². The Morgan fingerprint density at radius 3 is 2.75 bits per heavy atom. The number of nitrogens with zero attached hydrogens (tertiary/aromatic N) is 3. The number of aryl methyl sites for hydroxylation is 1. The molecule has 1 saturated carbocycles. The van der Waals surface area contributed by atoms with Crippen LogP contribution in [0.5, 0.6) is 0 Å². The predicted octanol–water partition coefficient (Wildman–Crippen LogP) is 2.60. The van der Waals surface area contributed by atoms with Gasteiger partial charge in [0, 0.05) is 5.92 Å². The van der Waals surface area contributed by atoms with Crippen LogP contribution in [0.15, 0.2) is 24.3 Å². The van der Waals surface area contributed by atoms with Crippen molar-refractivity contribution in [3.8, 4) is 0 Å². The lowest BCUT2D eigenvalue weighted by Crippen LogP contribution is -2.19. The first kappa shape index (κ1) is 12.8. The summed E-state index contributed by atoms with van der Waals surface area (Å²) in [4.78, 5) is 11.3. The molecule has 1 aliphatic carbocycles. The largest absolute Gasteiger partial charge is 0.476 e. The molecule has 1 aromatic carbocycles. The second-order valence-corrected chi connectivity index (χ2v) is 5.34. The molecular formula is C15H17N3O2. The van der Waals surface area contributed by atoms with Crippen molar-refractivity contribution in [1.82, 2.24) is 15.0 Å². The van der Waals surface area contributed by atoms with Gasteiger partial charge in [-0.15, -0.1) is 5.10 Å². The molecule has 1 N–H and O–H groups in total. The van der Waals surface area contributed by atoms with Crippen molar-refractivity contribution < 1.29 is 9.90 Å². The maximum Gasteiger partial charge on any atom is 0.358 e. The number of hydrogen-bond acceptors (Lipinski definition) is 3. The zero-order chi connectivity index (χ0) is 14.1. The van der Waals surface area contributed by atoms with Gasteiger partial charge in [-0.1, -0.05) is 35.9 Å². The SMILES string of the molecule is Cc1ccccc1Cn1nnc(C(=O)O)c1C1CCC1. The molecule has 20 heavy (non-hydrogen) atoms. The van der Waals surface area contributed by atoms with E-state index in [-0.39, 0.29) is 5.69 Å². The molecule has 1 aromatic heterocycles. The van der Waals surface area contributed by atoms with Gasteiger partial charge < -0.3 is 5.11 Å². The zero-order valence-electron chi connectivity index (χ0n) is 11.4. The number of hydrogen-bond donors (Lipinski definition) is 1. The van der Waals surface area contributed by atoms with Crippen molar-refractivity contribution in [2.45, 2.75) is 38.6 Å². The topological polar surface area (TPSA) is 68.0 Å². The Morgan fingerprint density at radius 2 is 2.15 bits per heavy atom. The Morgan fingerprint density at radius 1 is 1.40 bits per heavy atom. The zero-order valence-corrected chi connectivity index (χ0v) is 11.4. The Labute approximate surface area is 117 Å². The summed E-state index contributed by atoms with van der Waals surface area (Å²) in [7, 11) is 0. The lowest BCUT2D eigenvalue weighted by molar-refractivity contribution is 0.0687. The highest BCUT2D eigenvalue weighted by Gasteiger charge is 2.30. The fourth-order valence-corrected chi connectivity index (χ4v) is 2.62. The summed E-state index contributed by atoms with van der Waals surface area (Å²) in [5, 5.41) is 17.2. The van der Waals surface area contributed by atoms with Crippen molar-refractivity contribution in [2.75, 3.05) is 0 Å². The van der Waals surface area contributed by atoms with Gasteiger partial charge in [-0.05, 0) is 30.9 Å². The number of aromatic carboxylic acids is 1. The third kappa shape index (κ3) is 2.19. The molecular weight excluding hydrogens is 254 g/mol. The Bertz CT molecular complexity index is 644. The van der Waals surface area contributed by atoms with Gasteiger partial charge in [0.1, 0.15) is 0 Å². The average Bonchev–Trinajstić information content (AvgIpc) is 2.74. The van der Waals surface area contributed by atoms with Crippen LogP contribution in [0.4, 0.5) is 0 Å². The fourth-order valence-electron chi connectivity index (χ4n) is 2.62. The minimum Gasteiger partial charge on any atom is -0.476 e.